The van der Waals surface area contributed by atoms with Crippen molar-refractivity contribution in [3.8, 4) is 11.5 Å². The molecular formula is C16H15FN2O2. The number of pyridine rings is 1. The fourth-order valence-electron chi connectivity index (χ4n) is 2.42. The molecule has 0 aliphatic rings. The quantitative estimate of drug-likeness (QED) is 0.738. The lowest BCUT2D eigenvalue weighted by molar-refractivity contribution is 0.348. The summed E-state index contributed by atoms with van der Waals surface area (Å²) < 4.78 is 26.0. The monoisotopic (exact) mass is 286 g/mol. The van der Waals surface area contributed by atoms with E-state index in [-0.39, 0.29) is 5.82 Å². The highest BCUT2D eigenvalue weighted by molar-refractivity contribution is 5.80. The number of hydrogen-bond donors (Lipinski definition) is 0. The van der Waals surface area contributed by atoms with Gasteiger partial charge in [0.25, 0.3) is 0 Å². The lowest BCUT2D eigenvalue weighted by Crippen LogP contribution is -2.04. The van der Waals surface area contributed by atoms with E-state index >= 15 is 0 Å². The van der Waals surface area contributed by atoms with E-state index in [9.17, 15) is 4.39 Å². The van der Waals surface area contributed by atoms with E-state index in [1.807, 2.05) is 16.8 Å². The second-order valence-corrected chi connectivity index (χ2v) is 4.64. The Morgan fingerprint density at radius 2 is 2.00 bits per heavy atom. The van der Waals surface area contributed by atoms with Gasteiger partial charge in [0.15, 0.2) is 11.5 Å². The Hall–Kier alpha value is -2.56. The van der Waals surface area contributed by atoms with E-state index in [1.165, 1.54) is 12.1 Å². The number of rotatable bonds is 4. The number of halogens is 1. The van der Waals surface area contributed by atoms with Crippen LogP contribution in [0, 0.1) is 5.82 Å². The number of methoxy groups -OCH3 is 2. The molecule has 0 aliphatic heterocycles. The van der Waals surface area contributed by atoms with Crippen molar-refractivity contribution in [3.05, 3.63) is 54.2 Å². The third kappa shape index (κ3) is 2.42. The number of hydrogen-bond acceptors (Lipinski definition) is 3. The molecule has 0 bridgehead atoms. The third-order valence-electron chi connectivity index (χ3n) is 3.42. The van der Waals surface area contributed by atoms with Gasteiger partial charge in [-0.2, -0.15) is 0 Å². The summed E-state index contributed by atoms with van der Waals surface area (Å²) in [5.41, 5.74) is 1.56. The van der Waals surface area contributed by atoms with Gasteiger partial charge in [-0.3, -0.25) is 4.98 Å². The molecule has 0 unspecified atom stereocenters. The topological polar surface area (TPSA) is 36.3 Å². The Labute approximate surface area is 121 Å². The lowest BCUT2D eigenvalue weighted by atomic mass is 10.2. The summed E-state index contributed by atoms with van der Waals surface area (Å²) in [5, 5.41) is 0.985. The normalized spacial score (nSPS) is 10.8. The first-order chi connectivity index (χ1) is 10.2. The molecule has 0 fully saturated rings. The number of nitrogens with zero attached hydrogens (tertiary/aromatic N) is 2. The Bertz CT molecular complexity index is 783. The molecule has 3 rings (SSSR count). The van der Waals surface area contributed by atoms with Gasteiger partial charge >= 0.3 is 0 Å². The zero-order valence-corrected chi connectivity index (χ0v) is 11.8. The highest BCUT2D eigenvalue weighted by Gasteiger charge is 2.12. The molecule has 0 radical (unpaired) electrons. The predicted molar refractivity (Wildman–Crippen MR) is 78.3 cm³/mol. The minimum atomic E-state index is -0.256. The molecule has 4 nitrogen and oxygen atoms in total. The van der Waals surface area contributed by atoms with Gasteiger partial charge in [-0.05, 0) is 29.7 Å². The zero-order chi connectivity index (χ0) is 14.8. The van der Waals surface area contributed by atoms with Crippen LogP contribution >= 0.6 is 0 Å². The van der Waals surface area contributed by atoms with Crippen LogP contribution < -0.4 is 9.47 Å². The number of aromatic nitrogens is 2. The van der Waals surface area contributed by atoms with Crippen molar-refractivity contribution in [3.63, 3.8) is 0 Å². The van der Waals surface area contributed by atoms with Gasteiger partial charge in [-0.15, -0.1) is 0 Å². The maximum atomic E-state index is 13.4. The van der Waals surface area contributed by atoms with Crippen LogP contribution in [0.15, 0.2) is 42.7 Å². The minimum Gasteiger partial charge on any atom is -0.493 e. The van der Waals surface area contributed by atoms with Gasteiger partial charge < -0.3 is 14.0 Å². The second kappa shape index (κ2) is 5.44. The molecule has 2 heterocycles. The van der Waals surface area contributed by atoms with Crippen molar-refractivity contribution in [1.82, 2.24) is 9.55 Å². The molecule has 0 N–H and O–H groups in total. The summed E-state index contributed by atoms with van der Waals surface area (Å²) in [5.74, 6) is 0.969. The van der Waals surface area contributed by atoms with Gasteiger partial charge in [0, 0.05) is 18.5 Å². The predicted octanol–water partition coefficient (Wildman–Crippen LogP) is 3.24. The maximum absolute atomic E-state index is 13.4. The highest BCUT2D eigenvalue weighted by atomic mass is 19.1. The van der Waals surface area contributed by atoms with Crippen LogP contribution in [0.5, 0.6) is 11.5 Å². The van der Waals surface area contributed by atoms with Gasteiger partial charge in [0.05, 0.1) is 26.3 Å². The van der Waals surface area contributed by atoms with Crippen molar-refractivity contribution in [1.29, 1.82) is 0 Å². The van der Waals surface area contributed by atoms with Crippen LogP contribution in [0.25, 0.3) is 10.9 Å². The summed E-state index contributed by atoms with van der Waals surface area (Å²) in [6, 6.07) is 8.42. The van der Waals surface area contributed by atoms with Gasteiger partial charge in [0.1, 0.15) is 11.5 Å². The first kappa shape index (κ1) is 13.4. The largest absolute Gasteiger partial charge is 0.493 e. The first-order valence-corrected chi connectivity index (χ1v) is 6.53. The Morgan fingerprint density at radius 3 is 2.76 bits per heavy atom. The molecule has 2 aromatic heterocycles. The molecule has 0 saturated carbocycles. The van der Waals surface area contributed by atoms with Gasteiger partial charge in [-0.25, -0.2) is 4.39 Å². The van der Waals surface area contributed by atoms with E-state index < -0.39 is 0 Å². The second-order valence-electron chi connectivity index (χ2n) is 4.64. The van der Waals surface area contributed by atoms with Crippen LogP contribution in [0.4, 0.5) is 4.39 Å². The SMILES string of the molecule is COc1ccnc(Cn2ccc3ccc(F)cc32)c1OC. The van der Waals surface area contributed by atoms with Crippen molar-refractivity contribution in [2.75, 3.05) is 14.2 Å². The Balaban J connectivity index is 2.04. The van der Waals surface area contributed by atoms with Gasteiger partial charge in [-0.1, -0.05) is 0 Å². The molecule has 0 aliphatic carbocycles. The summed E-state index contributed by atoms with van der Waals surface area (Å²) in [7, 11) is 3.17. The van der Waals surface area contributed by atoms with E-state index in [4.69, 9.17) is 9.47 Å². The fourth-order valence-corrected chi connectivity index (χ4v) is 2.42. The van der Waals surface area contributed by atoms with Gasteiger partial charge in [0.2, 0.25) is 0 Å². The van der Waals surface area contributed by atoms with Crippen molar-refractivity contribution in [2.45, 2.75) is 6.54 Å². The molecule has 5 heteroatoms. The molecule has 3 aromatic rings. The zero-order valence-electron chi connectivity index (χ0n) is 11.8. The minimum absolute atomic E-state index is 0.256. The van der Waals surface area contributed by atoms with Crippen molar-refractivity contribution >= 4 is 10.9 Å². The molecule has 0 spiro atoms. The molecule has 0 saturated heterocycles. The number of benzene rings is 1. The highest BCUT2D eigenvalue weighted by Crippen LogP contribution is 2.30. The Morgan fingerprint density at radius 1 is 1.14 bits per heavy atom. The van der Waals surface area contributed by atoms with Crippen molar-refractivity contribution < 1.29 is 13.9 Å². The van der Waals surface area contributed by atoms with E-state index in [2.05, 4.69) is 4.98 Å². The molecule has 108 valence electrons. The lowest BCUT2D eigenvalue weighted by Gasteiger charge is -2.12. The average molecular weight is 286 g/mol. The molecule has 1 aromatic carbocycles. The first-order valence-electron chi connectivity index (χ1n) is 6.53. The number of ether oxygens (including phenoxy) is 2. The number of fused-ring (bicyclic) bond motifs is 1. The molecule has 0 amide bonds. The Kier molecular flexibility index (Phi) is 3.48. The molecular weight excluding hydrogens is 271 g/mol. The van der Waals surface area contributed by atoms with Crippen LogP contribution in [0.1, 0.15) is 5.69 Å². The van der Waals surface area contributed by atoms with Crippen LogP contribution in [0.2, 0.25) is 0 Å². The van der Waals surface area contributed by atoms with Crippen LogP contribution in [-0.4, -0.2) is 23.8 Å². The summed E-state index contributed by atoms with van der Waals surface area (Å²) in [6.45, 7) is 0.479. The fraction of sp³-hybridized carbons (Fsp3) is 0.188. The van der Waals surface area contributed by atoms with E-state index in [0.717, 1.165) is 16.6 Å². The third-order valence-corrected chi connectivity index (χ3v) is 3.42. The summed E-state index contributed by atoms with van der Waals surface area (Å²) in [6.07, 6.45) is 3.58. The summed E-state index contributed by atoms with van der Waals surface area (Å²) in [4.78, 5) is 4.34. The average Bonchev–Trinajstić information content (AvgIpc) is 2.89. The summed E-state index contributed by atoms with van der Waals surface area (Å²) >= 11 is 0. The standard InChI is InChI=1S/C16H15FN2O2/c1-20-15-5-7-18-13(16(15)21-2)10-19-8-6-11-3-4-12(17)9-14(11)19/h3-9H,10H2,1-2H3. The van der Waals surface area contributed by atoms with Crippen LogP contribution in [0.3, 0.4) is 0 Å². The van der Waals surface area contributed by atoms with E-state index in [1.54, 1.807) is 32.5 Å². The maximum Gasteiger partial charge on any atom is 0.184 e. The van der Waals surface area contributed by atoms with Crippen LogP contribution in [-0.2, 0) is 6.54 Å². The molecule has 0 atom stereocenters. The molecule has 21 heavy (non-hydrogen) atoms. The van der Waals surface area contributed by atoms with Crippen molar-refractivity contribution in [2.24, 2.45) is 0 Å². The van der Waals surface area contributed by atoms with E-state index in [0.29, 0.717) is 18.0 Å². The smallest absolute Gasteiger partial charge is 0.184 e.